The molecule has 0 heteroatoms. The Balaban J connectivity index is 1.89. The van der Waals surface area contributed by atoms with E-state index in [9.17, 15) is 0 Å². The van der Waals surface area contributed by atoms with Gasteiger partial charge in [-0.05, 0) is 65.0 Å². The van der Waals surface area contributed by atoms with E-state index in [1.54, 1.807) is 5.56 Å². The third-order valence-corrected chi connectivity index (χ3v) is 5.40. The molecule has 3 aromatic carbocycles. The number of aryl methyl sites for hydroxylation is 1. The van der Waals surface area contributed by atoms with E-state index in [0.29, 0.717) is 5.92 Å². The Bertz CT molecular complexity index is 830. The van der Waals surface area contributed by atoms with Crippen molar-refractivity contribution >= 4 is 0 Å². The van der Waals surface area contributed by atoms with Crippen LogP contribution in [0.5, 0.6) is 0 Å². The number of benzene rings is 3. The first-order valence-corrected chi connectivity index (χ1v) is 9.10. The Kier molecular flexibility index (Phi) is 4.21. The second-order valence-electron chi connectivity index (χ2n) is 6.84. The second kappa shape index (κ2) is 6.65. The van der Waals surface area contributed by atoms with E-state index in [0.717, 1.165) is 6.42 Å². The molecule has 24 heavy (non-hydrogen) atoms. The molecule has 0 radical (unpaired) electrons. The Hall–Kier alpha value is -2.34. The molecule has 0 amide bonds. The lowest BCUT2D eigenvalue weighted by Gasteiger charge is -2.19. The van der Waals surface area contributed by atoms with Gasteiger partial charge < -0.3 is 0 Å². The third-order valence-electron chi connectivity index (χ3n) is 5.40. The highest BCUT2D eigenvalue weighted by Gasteiger charge is 2.23. The fraction of sp³-hybridized carbons (Fsp3) is 0.250. The van der Waals surface area contributed by atoms with Gasteiger partial charge in [-0.15, -0.1) is 0 Å². The molecule has 0 nitrogen and oxygen atoms in total. The highest BCUT2D eigenvalue weighted by Crippen LogP contribution is 2.41. The fourth-order valence-electron chi connectivity index (χ4n) is 4.14. The van der Waals surface area contributed by atoms with Crippen LogP contribution in [0.15, 0.2) is 72.8 Å². The van der Waals surface area contributed by atoms with Crippen LogP contribution < -0.4 is 0 Å². The van der Waals surface area contributed by atoms with E-state index >= 15 is 0 Å². The average molecular weight is 312 g/mol. The summed E-state index contributed by atoms with van der Waals surface area (Å²) < 4.78 is 0. The fourth-order valence-corrected chi connectivity index (χ4v) is 4.14. The van der Waals surface area contributed by atoms with Crippen molar-refractivity contribution in [2.75, 3.05) is 0 Å². The molecule has 3 aromatic rings. The molecule has 1 unspecified atom stereocenters. The van der Waals surface area contributed by atoms with Gasteiger partial charge in [0.2, 0.25) is 0 Å². The minimum absolute atomic E-state index is 0.670. The summed E-state index contributed by atoms with van der Waals surface area (Å²) in [5.74, 6) is 0.670. The molecule has 4 rings (SSSR count). The van der Waals surface area contributed by atoms with Gasteiger partial charge in [0.05, 0.1) is 0 Å². The standard InChI is InChI=1S/C24H24/c1-2-19-15-16-20-11-6-7-13-23(20)24-21(12-8-14-22(19)24)17-18-9-4-3-5-10-18/h3-14,19H,2,15-17H2,1H3. The molecule has 0 heterocycles. The van der Waals surface area contributed by atoms with Crippen LogP contribution in [-0.2, 0) is 12.8 Å². The second-order valence-corrected chi connectivity index (χ2v) is 6.84. The maximum absolute atomic E-state index is 2.36. The van der Waals surface area contributed by atoms with Crippen LogP contribution >= 0.6 is 0 Å². The minimum atomic E-state index is 0.670. The summed E-state index contributed by atoms with van der Waals surface area (Å²) in [5.41, 5.74) is 8.87. The predicted molar refractivity (Wildman–Crippen MR) is 102 cm³/mol. The predicted octanol–water partition coefficient (Wildman–Crippen LogP) is 6.38. The van der Waals surface area contributed by atoms with Crippen LogP contribution in [0.3, 0.4) is 0 Å². The van der Waals surface area contributed by atoms with Gasteiger partial charge in [0.15, 0.2) is 0 Å². The number of hydrogen-bond donors (Lipinski definition) is 0. The van der Waals surface area contributed by atoms with Crippen molar-refractivity contribution < 1.29 is 0 Å². The summed E-state index contributed by atoms with van der Waals surface area (Å²) in [6.45, 7) is 2.33. The summed E-state index contributed by atoms with van der Waals surface area (Å²) in [5, 5.41) is 0. The summed E-state index contributed by atoms with van der Waals surface area (Å²) >= 11 is 0. The number of rotatable bonds is 3. The van der Waals surface area contributed by atoms with E-state index < -0.39 is 0 Å². The van der Waals surface area contributed by atoms with Crippen LogP contribution in [0, 0.1) is 0 Å². The molecule has 0 saturated carbocycles. The SMILES string of the molecule is CCC1CCc2ccccc2-c2c(Cc3ccccc3)cccc21. The molecule has 0 aromatic heterocycles. The Morgan fingerprint density at radius 3 is 2.46 bits per heavy atom. The van der Waals surface area contributed by atoms with Crippen LogP contribution in [-0.4, -0.2) is 0 Å². The molecule has 1 atom stereocenters. The summed E-state index contributed by atoms with van der Waals surface area (Å²) in [4.78, 5) is 0. The lowest BCUT2D eigenvalue weighted by molar-refractivity contribution is 0.613. The quantitative estimate of drug-likeness (QED) is 0.526. The van der Waals surface area contributed by atoms with Crippen LogP contribution in [0.25, 0.3) is 11.1 Å². The van der Waals surface area contributed by atoms with Gasteiger partial charge in [0.25, 0.3) is 0 Å². The molecule has 0 N–H and O–H groups in total. The number of fused-ring (bicyclic) bond motifs is 3. The van der Waals surface area contributed by atoms with Crippen molar-refractivity contribution in [2.24, 2.45) is 0 Å². The van der Waals surface area contributed by atoms with Gasteiger partial charge in [0, 0.05) is 0 Å². The highest BCUT2D eigenvalue weighted by atomic mass is 14.3. The van der Waals surface area contributed by atoms with Crippen molar-refractivity contribution in [1.29, 1.82) is 0 Å². The average Bonchev–Trinajstić information content (AvgIpc) is 2.80. The zero-order valence-electron chi connectivity index (χ0n) is 14.3. The van der Waals surface area contributed by atoms with Crippen LogP contribution in [0.4, 0.5) is 0 Å². The summed E-state index contributed by atoms with van der Waals surface area (Å²) in [6.07, 6.45) is 4.67. The van der Waals surface area contributed by atoms with Crippen molar-refractivity contribution in [2.45, 2.75) is 38.5 Å². The monoisotopic (exact) mass is 312 g/mol. The Morgan fingerprint density at radius 1 is 0.833 bits per heavy atom. The van der Waals surface area contributed by atoms with Gasteiger partial charge in [-0.25, -0.2) is 0 Å². The van der Waals surface area contributed by atoms with E-state index in [1.807, 2.05) is 0 Å². The summed E-state index contributed by atoms with van der Waals surface area (Å²) in [6, 6.07) is 26.8. The lowest BCUT2D eigenvalue weighted by atomic mass is 9.85. The van der Waals surface area contributed by atoms with Gasteiger partial charge in [-0.2, -0.15) is 0 Å². The molecule has 1 aliphatic rings. The first kappa shape index (κ1) is 15.2. The van der Waals surface area contributed by atoms with Gasteiger partial charge >= 0.3 is 0 Å². The molecule has 0 saturated heterocycles. The molecule has 0 fully saturated rings. The lowest BCUT2D eigenvalue weighted by Crippen LogP contribution is -2.01. The molecular formula is C24H24. The third kappa shape index (κ3) is 2.78. The Morgan fingerprint density at radius 2 is 1.62 bits per heavy atom. The minimum Gasteiger partial charge on any atom is -0.0648 e. The van der Waals surface area contributed by atoms with Crippen LogP contribution in [0.2, 0.25) is 0 Å². The van der Waals surface area contributed by atoms with E-state index in [1.165, 1.54) is 47.1 Å². The van der Waals surface area contributed by atoms with E-state index in [2.05, 4.69) is 79.7 Å². The largest absolute Gasteiger partial charge is 0.0648 e. The molecule has 1 aliphatic carbocycles. The smallest absolute Gasteiger partial charge is 0.00195 e. The molecule has 120 valence electrons. The highest BCUT2D eigenvalue weighted by molar-refractivity contribution is 5.76. The zero-order valence-corrected chi connectivity index (χ0v) is 14.3. The first-order chi connectivity index (χ1) is 11.9. The molecule has 0 spiro atoms. The van der Waals surface area contributed by atoms with Crippen molar-refractivity contribution in [3.63, 3.8) is 0 Å². The Labute approximate surface area is 145 Å². The topological polar surface area (TPSA) is 0 Å². The van der Waals surface area contributed by atoms with E-state index in [-0.39, 0.29) is 0 Å². The number of hydrogen-bond acceptors (Lipinski definition) is 0. The normalized spacial score (nSPS) is 16.1. The van der Waals surface area contributed by atoms with Crippen LogP contribution in [0.1, 0.15) is 47.9 Å². The van der Waals surface area contributed by atoms with E-state index in [4.69, 9.17) is 0 Å². The molecule has 0 aliphatic heterocycles. The maximum atomic E-state index is 2.36. The summed E-state index contributed by atoms with van der Waals surface area (Å²) in [7, 11) is 0. The zero-order chi connectivity index (χ0) is 16.4. The maximum Gasteiger partial charge on any atom is -0.00195 e. The molecular weight excluding hydrogens is 288 g/mol. The van der Waals surface area contributed by atoms with Gasteiger partial charge in [0.1, 0.15) is 0 Å². The van der Waals surface area contributed by atoms with Gasteiger partial charge in [-0.3, -0.25) is 0 Å². The van der Waals surface area contributed by atoms with Gasteiger partial charge in [-0.1, -0.05) is 79.7 Å². The first-order valence-electron chi connectivity index (χ1n) is 9.10. The van der Waals surface area contributed by atoms with Crippen molar-refractivity contribution in [3.05, 3.63) is 95.1 Å². The van der Waals surface area contributed by atoms with Crippen molar-refractivity contribution in [3.8, 4) is 11.1 Å². The van der Waals surface area contributed by atoms with Crippen molar-refractivity contribution in [1.82, 2.24) is 0 Å². The molecule has 0 bridgehead atoms.